The van der Waals surface area contributed by atoms with Gasteiger partial charge in [-0.3, -0.25) is 14.8 Å². The van der Waals surface area contributed by atoms with Gasteiger partial charge in [-0.1, -0.05) is 12.1 Å². The van der Waals surface area contributed by atoms with Crippen molar-refractivity contribution < 1.29 is 9.90 Å². The molecular weight excluding hydrogens is 292 g/mol. The highest BCUT2D eigenvalue weighted by molar-refractivity contribution is 5.93. The molecule has 6 heteroatoms. The van der Waals surface area contributed by atoms with Gasteiger partial charge in [0.25, 0.3) is 5.91 Å². The number of carbonyl (C=O) groups excluding carboxylic acids is 1. The zero-order valence-corrected chi connectivity index (χ0v) is 12.9. The fraction of sp³-hybridized carbons (Fsp3) is 0.353. The molecule has 3 rings (SSSR count). The van der Waals surface area contributed by atoms with Gasteiger partial charge in [0.15, 0.2) is 0 Å². The van der Waals surface area contributed by atoms with E-state index in [1.807, 2.05) is 19.2 Å². The van der Waals surface area contributed by atoms with Crippen molar-refractivity contribution in [2.75, 3.05) is 6.54 Å². The van der Waals surface area contributed by atoms with Crippen LogP contribution in [-0.2, 0) is 4.79 Å². The zero-order valence-electron chi connectivity index (χ0n) is 12.9. The molecule has 120 valence electrons. The monoisotopic (exact) mass is 312 g/mol. The van der Waals surface area contributed by atoms with Gasteiger partial charge < -0.3 is 15.7 Å². The van der Waals surface area contributed by atoms with Crippen LogP contribution in [0.4, 0.5) is 0 Å². The number of allylic oxidation sites excluding steroid dienone is 3. The van der Waals surface area contributed by atoms with Gasteiger partial charge in [-0.2, -0.15) is 0 Å². The standard InChI is InChI=1S/C17H20N4O2/c1-11-5-12-6-14(9-19-11)21-15(7-12)17(23)20-10-16(22)13-3-2-4-18-8-13/h2-5,7-9,12,14,16,21-22H,6,10H2,1H3,(H,20,23). The van der Waals surface area contributed by atoms with Gasteiger partial charge >= 0.3 is 0 Å². The summed E-state index contributed by atoms with van der Waals surface area (Å²) >= 11 is 0. The number of hydrogen-bond acceptors (Lipinski definition) is 5. The van der Waals surface area contributed by atoms with Gasteiger partial charge in [-0.25, -0.2) is 0 Å². The molecule has 1 amide bonds. The number of aliphatic hydroxyl groups excluding tert-OH is 1. The maximum atomic E-state index is 12.3. The van der Waals surface area contributed by atoms with Gasteiger partial charge in [-0.15, -0.1) is 0 Å². The molecule has 0 fully saturated rings. The number of nitrogens with zero attached hydrogens (tertiary/aromatic N) is 2. The number of pyridine rings is 1. The van der Waals surface area contributed by atoms with E-state index in [1.165, 1.54) is 0 Å². The third-order valence-electron chi connectivity index (χ3n) is 3.93. The number of fused-ring (bicyclic) bond motifs is 2. The molecule has 3 N–H and O–H groups in total. The Hall–Kier alpha value is -2.47. The minimum atomic E-state index is -0.775. The quantitative estimate of drug-likeness (QED) is 0.776. The van der Waals surface area contributed by atoms with E-state index in [0.29, 0.717) is 11.3 Å². The van der Waals surface area contributed by atoms with Crippen LogP contribution in [0.5, 0.6) is 0 Å². The maximum absolute atomic E-state index is 12.3. The summed E-state index contributed by atoms with van der Waals surface area (Å²) in [7, 11) is 0. The molecule has 0 spiro atoms. The van der Waals surface area contributed by atoms with E-state index < -0.39 is 6.10 Å². The highest BCUT2D eigenvalue weighted by Crippen LogP contribution is 2.22. The number of carbonyl (C=O) groups is 1. The van der Waals surface area contributed by atoms with Crippen LogP contribution in [0.3, 0.4) is 0 Å². The van der Waals surface area contributed by atoms with Crippen molar-refractivity contribution in [2.45, 2.75) is 25.5 Å². The zero-order chi connectivity index (χ0) is 16.2. The lowest BCUT2D eigenvalue weighted by Gasteiger charge is -2.25. The summed E-state index contributed by atoms with van der Waals surface area (Å²) < 4.78 is 0. The van der Waals surface area contributed by atoms with E-state index in [0.717, 1.165) is 12.1 Å². The van der Waals surface area contributed by atoms with Crippen LogP contribution in [-0.4, -0.2) is 34.8 Å². The van der Waals surface area contributed by atoms with E-state index in [1.54, 1.807) is 24.5 Å². The van der Waals surface area contributed by atoms with Crippen LogP contribution in [0.2, 0.25) is 0 Å². The molecule has 2 aliphatic rings. The van der Waals surface area contributed by atoms with Crippen molar-refractivity contribution in [3.05, 3.63) is 53.6 Å². The Kier molecular flexibility index (Phi) is 4.52. The van der Waals surface area contributed by atoms with E-state index in [-0.39, 0.29) is 24.4 Å². The highest BCUT2D eigenvalue weighted by Gasteiger charge is 2.24. The Balaban J connectivity index is 1.62. The topological polar surface area (TPSA) is 86.6 Å². The molecule has 2 aliphatic heterocycles. The summed E-state index contributed by atoms with van der Waals surface area (Å²) in [6, 6.07) is 3.59. The summed E-state index contributed by atoms with van der Waals surface area (Å²) in [6.45, 7) is 2.09. The van der Waals surface area contributed by atoms with Gasteiger partial charge in [-0.05, 0) is 25.5 Å². The van der Waals surface area contributed by atoms with E-state index in [2.05, 4.69) is 26.7 Å². The van der Waals surface area contributed by atoms with Crippen LogP contribution in [0.1, 0.15) is 25.0 Å². The molecule has 6 nitrogen and oxygen atoms in total. The third kappa shape index (κ3) is 3.84. The van der Waals surface area contributed by atoms with Crippen molar-refractivity contribution in [3.8, 4) is 0 Å². The Morgan fingerprint density at radius 1 is 1.52 bits per heavy atom. The summed E-state index contributed by atoms with van der Waals surface area (Å²) in [5, 5.41) is 16.0. The average molecular weight is 312 g/mol. The lowest BCUT2D eigenvalue weighted by Crippen LogP contribution is -2.42. The fourth-order valence-corrected chi connectivity index (χ4v) is 2.77. The van der Waals surface area contributed by atoms with Gasteiger partial charge in [0, 0.05) is 42.3 Å². The van der Waals surface area contributed by atoms with Crippen molar-refractivity contribution in [3.63, 3.8) is 0 Å². The normalized spacial score (nSPS) is 23.9. The predicted molar refractivity (Wildman–Crippen MR) is 87.6 cm³/mol. The molecule has 3 atom stereocenters. The van der Waals surface area contributed by atoms with Crippen molar-refractivity contribution in [1.82, 2.24) is 15.6 Å². The maximum Gasteiger partial charge on any atom is 0.267 e. The highest BCUT2D eigenvalue weighted by atomic mass is 16.3. The minimum absolute atomic E-state index is 0.0581. The summed E-state index contributed by atoms with van der Waals surface area (Å²) in [5.74, 6) is -0.0169. The van der Waals surface area contributed by atoms with Gasteiger partial charge in [0.1, 0.15) is 0 Å². The number of rotatable bonds is 4. The molecule has 0 saturated carbocycles. The van der Waals surface area contributed by atoms with Crippen LogP contribution in [0.15, 0.2) is 53.1 Å². The lowest BCUT2D eigenvalue weighted by atomic mass is 9.95. The van der Waals surface area contributed by atoms with Crippen molar-refractivity contribution in [1.29, 1.82) is 0 Å². The van der Waals surface area contributed by atoms with E-state index in [9.17, 15) is 9.90 Å². The number of nitrogens with one attached hydrogen (secondary N) is 2. The Labute approximate surface area is 135 Å². The second kappa shape index (κ2) is 6.75. The Morgan fingerprint density at radius 2 is 2.39 bits per heavy atom. The Morgan fingerprint density at radius 3 is 3.17 bits per heavy atom. The van der Waals surface area contributed by atoms with Gasteiger partial charge in [0.2, 0.25) is 0 Å². The molecule has 23 heavy (non-hydrogen) atoms. The molecule has 3 unspecified atom stereocenters. The molecule has 0 saturated heterocycles. The summed E-state index contributed by atoms with van der Waals surface area (Å²) in [5.41, 5.74) is 2.17. The SMILES string of the molecule is CC1=CC2C=C(C(=O)NCC(O)c3cccnc3)NC(C=N1)C2. The molecule has 2 bridgehead atoms. The lowest BCUT2D eigenvalue weighted by molar-refractivity contribution is -0.118. The van der Waals surface area contributed by atoms with Crippen molar-refractivity contribution >= 4 is 12.1 Å². The second-order valence-corrected chi connectivity index (χ2v) is 5.83. The van der Waals surface area contributed by atoms with Gasteiger partial charge in [0.05, 0.1) is 17.8 Å². The molecule has 0 radical (unpaired) electrons. The minimum Gasteiger partial charge on any atom is -0.387 e. The first-order chi connectivity index (χ1) is 11.1. The smallest absolute Gasteiger partial charge is 0.267 e. The second-order valence-electron chi connectivity index (χ2n) is 5.83. The van der Waals surface area contributed by atoms with E-state index >= 15 is 0 Å². The summed E-state index contributed by atoms with van der Waals surface area (Å²) in [6.07, 6.45) is 9.18. The number of aromatic nitrogens is 1. The van der Waals surface area contributed by atoms with E-state index in [4.69, 9.17) is 0 Å². The number of amides is 1. The van der Waals surface area contributed by atoms with Crippen LogP contribution in [0, 0.1) is 5.92 Å². The number of hydrogen-bond donors (Lipinski definition) is 3. The van der Waals surface area contributed by atoms with Crippen LogP contribution in [0.25, 0.3) is 0 Å². The van der Waals surface area contributed by atoms with Crippen molar-refractivity contribution in [2.24, 2.45) is 10.9 Å². The molecular formula is C17H20N4O2. The summed E-state index contributed by atoms with van der Waals surface area (Å²) in [4.78, 5) is 20.6. The molecule has 0 aliphatic carbocycles. The molecule has 1 aromatic heterocycles. The predicted octanol–water partition coefficient (Wildman–Crippen LogP) is 1.08. The van der Waals surface area contributed by atoms with Crippen LogP contribution < -0.4 is 10.6 Å². The average Bonchev–Trinajstić information content (AvgIpc) is 2.70. The Bertz CT molecular complexity index is 666. The third-order valence-corrected chi connectivity index (χ3v) is 3.93. The first-order valence-corrected chi connectivity index (χ1v) is 7.69. The van der Waals surface area contributed by atoms with Crippen LogP contribution >= 0.6 is 0 Å². The fourth-order valence-electron chi connectivity index (χ4n) is 2.77. The number of aliphatic hydroxyl groups is 1. The first-order valence-electron chi connectivity index (χ1n) is 7.69. The molecule has 0 aromatic carbocycles. The molecule has 1 aromatic rings. The molecule has 3 heterocycles. The largest absolute Gasteiger partial charge is 0.387 e. The number of aliphatic imine (C=N–C) groups is 1. The first kappa shape index (κ1) is 15.4.